The van der Waals surface area contributed by atoms with E-state index in [1.807, 2.05) is 61.5 Å². The number of carbonyl (C=O) groups is 1. The molecule has 0 aliphatic heterocycles. The summed E-state index contributed by atoms with van der Waals surface area (Å²) in [5.41, 5.74) is 2.79. The van der Waals surface area contributed by atoms with Crippen molar-refractivity contribution in [2.45, 2.75) is 6.92 Å². The monoisotopic (exact) mass is 377 g/mol. The van der Waals surface area contributed by atoms with Crippen molar-refractivity contribution >= 4 is 23.0 Å². The Bertz CT molecular complexity index is 945. The fourth-order valence-electron chi connectivity index (χ4n) is 2.90. The van der Waals surface area contributed by atoms with E-state index in [1.54, 1.807) is 31.4 Å². The molecular weight excluding hydrogens is 354 g/mol. The van der Waals surface area contributed by atoms with Crippen LogP contribution >= 0.6 is 0 Å². The molecule has 1 N–H and O–H groups in total. The van der Waals surface area contributed by atoms with E-state index in [2.05, 4.69) is 10.3 Å². The van der Waals surface area contributed by atoms with Gasteiger partial charge < -0.3 is 19.7 Å². The summed E-state index contributed by atoms with van der Waals surface area (Å²) >= 11 is 0. The number of ether oxygens (including phenoxy) is 2. The number of amides is 1. The second kappa shape index (κ2) is 8.90. The molecule has 1 aromatic heterocycles. The zero-order chi connectivity index (χ0) is 19.9. The molecule has 0 atom stereocenters. The lowest BCUT2D eigenvalue weighted by Crippen LogP contribution is -2.31. The van der Waals surface area contributed by atoms with Gasteiger partial charge >= 0.3 is 0 Å². The second-order valence-corrected chi connectivity index (χ2v) is 6.01. The fraction of sp³-hybridized carbons (Fsp3) is 0.182. The first-order chi connectivity index (χ1) is 13.7. The topological polar surface area (TPSA) is 63.7 Å². The van der Waals surface area contributed by atoms with Crippen LogP contribution in [0.25, 0.3) is 0 Å². The molecular formula is C22H23N3O3. The predicted molar refractivity (Wildman–Crippen MR) is 111 cm³/mol. The van der Waals surface area contributed by atoms with Crippen LogP contribution in [0.5, 0.6) is 11.5 Å². The first kappa shape index (κ1) is 19.2. The first-order valence-corrected chi connectivity index (χ1v) is 8.98. The largest absolute Gasteiger partial charge is 0.493 e. The van der Waals surface area contributed by atoms with Crippen molar-refractivity contribution in [3.05, 3.63) is 72.6 Å². The average molecular weight is 377 g/mol. The molecule has 0 spiro atoms. The predicted octanol–water partition coefficient (Wildman–Crippen LogP) is 4.51. The SMILES string of the molecule is CCN(C(=O)c1cc(Nc2ccc(OC)c(OC)c2)ccn1)c1ccccc1. The number of benzene rings is 2. The molecule has 144 valence electrons. The number of methoxy groups -OCH3 is 2. The summed E-state index contributed by atoms with van der Waals surface area (Å²) in [4.78, 5) is 18.9. The number of hydrogen-bond acceptors (Lipinski definition) is 5. The van der Waals surface area contributed by atoms with Gasteiger partial charge in [-0.15, -0.1) is 0 Å². The number of rotatable bonds is 7. The third-order valence-corrected chi connectivity index (χ3v) is 4.28. The number of pyridine rings is 1. The minimum absolute atomic E-state index is 0.148. The van der Waals surface area contributed by atoms with E-state index in [9.17, 15) is 4.79 Å². The van der Waals surface area contributed by atoms with Crippen molar-refractivity contribution in [3.63, 3.8) is 0 Å². The van der Waals surface area contributed by atoms with Crippen LogP contribution in [-0.2, 0) is 0 Å². The number of anilines is 3. The maximum atomic E-state index is 13.0. The Kier molecular flexibility index (Phi) is 6.11. The van der Waals surface area contributed by atoms with Crippen LogP contribution in [0.15, 0.2) is 66.9 Å². The Morgan fingerprint density at radius 3 is 2.36 bits per heavy atom. The molecule has 2 aromatic carbocycles. The molecule has 0 aliphatic carbocycles. The molecule has 0 saturated heterocycles. The van der Waals surface area contributed by atoms with E-state index >= 15 is 0 Å². The van der Waals surface area contributed by atoms with Gasteiger partial charge in [0, 0.05) is 35.9 Å². The van der Waals surface area contributed by atoms with Crippen LogP contribution in [-0.4, -0.2) is 31.7 Å². The van der Waals surface area contributed by atoms with E-state index in [1.165, 1.54) is 0 Å². The summed E-state index contributed by atoms with van der Waals surface area (Å²) in [6, 6.07) is 18.7. The average Bonchev–Trinajstić information content (AvgIpc) is 2.75. The van der Waals surface area contributed by atoms with Crippen LogP contribution in [0.1, 0.15) is 17.4 Å². The number of nitrogens with one attached hydrogen (secondary N) is 1. The molecule has 6 nitrogen and oxygen atoms in total. The molecule has 6 heteroatoms. The Morgan fingerprint density at radius 1 is 0.964 bits per heavy atom. The van der Waals surface area contributed by atoms with Gasteiger partial charge in [0.15, 0.2) is 11.5 Å². The molecule has 1 heterocycles. The summed E-state index contributed by atoms with van der Waals surface area (Å²) in [5, 5.41) is 3.28. The molecule has 28 heavy (non-hydrogen) atoms. The van der Waals surface area contributed by atoms with E-state index in [0.29, 0.717) is 23.7 Å². The summed E-state index contributed by atoms with van der Waals surface area (Å²) in [5.74, 6) is 1.13. The maximum absolute atomic E-state index is 13.0. The highest BCUT2D eigenvalue weighted by Crippen LogP contribution is 2.31. The minimum atomic E-state index is -0.148. The number of hydrogen-bond donors (Lipinski definition) is 1. The van der Waals surface area contributed by atoms with Crippen molar-refractivity contribution in [1.29, 1.82) is 0 Å². The van der Waals surface area contributed by atoms with Crippen LogP contribution in [0.3, 0.4) is 0 Å². The van der Waals surface area contributed by atoms with Gasteiger partial charge in [0.25, 0.3) is 5.91 Å². The molecule has 0 unspecified atom stereocenters. The Morgan fingerprint density at radius 2 is 1.68 bits per heavy atom. The van der Waals surface area contributed by atoms with Crippen LogP contribution in [0.4, 0.5) is 17.1 Å². The molecule has 0 bridgehead atoms. The Hall–Kier alpha value is -3.54. The van der Waals surface area contributed by atoms with Crippen molar-refractivity contribution in [2.75, 3.05) is 31.0 Å². The minimum Gasteiger partial charge on any atom is -0.493 e. The molecule has 0 radical (unpaired) electrons. The molecule has 1 amide bonds. The lowest BCUT2D eigenvalue weighted by Gasteiger charge is -2.20. The Labute approximate surface area is 164 Å². The zero-order valence-corrected chi connectivity index (χ0v) is 16.2. The smallest absolute Gasteiger partial charge is 0.276 e. The molecule has 0 aliphatic rings. The Balaban J connectivity index is 1.83. The van der Waals surface area contributed by atoms with Crippen LogP contribution in [0, 0.1) is 0 Å². The summed E-state index contributed by atoms with van der Waals surface area (Å²) in [6.07, 6.45) is 1.62. The zero-order valence-electron chi connectivity index (χ0n) is 16.2. The lowest BCUT2D eigenvalue weighted by molar-refractivity contribution is 0.0983. The number of aromatic nitrogens is 1. The second-order valence-electron chi connectivity index (χ2n) is 6.01. The van der Waals surface area contributed by atoms with Gasteiger partial charge in [-0.3, -0.25) is 9.78 Å². The van der Waals surface area contributed by atoms with Crippen molar-refractivity contribution in [2.24, 2.45) is 0 Å². The van der Waals surface area contributed by atoms with E-state index in [4.69, 9.17) is 9.47 Å². The van der Waals surface area contributed by atoms with E-state index in [-0.39, 0.29) is 5.91 Å². The van der Waals surface area contributed by atoms with E-state index < -0.39 is 0 Å². The number of nitrogens with zero attached hydrogens (tertiary/aromatic N) is 2. The number of carbonyl (C=O) groups excluding carboxylic acids is 1. The highest BCUT2D eigenvalue weighted by atomic mass is 16.5. The molecule has 0 fully saturated rings. The van der Waals surface area contributed by atoms with Gasteiger partial charge in [-0.05, 0) is 43.3 Å². The third kappa shape index (κ3) is 4.23. The number of para-hydroxylation sites is 1. The highest BCUT2D eigenvalue weighted by molar-refractivity contribution is 6.05. The normalized spacial score (nSPS) is 10.2. The van der Waals surface area contributed by atoms with Gasteiger partial charge in [-0.1, -0.05) is 18.2 Å². The third-order valence-electron chi connectivity index (χ3n) is 4.28. The maximum Gasteiger partial charge on any atom is 0.276 e. The van der Waals surface area contributed by atoms with Gasteiger partial charge in [-0.2, -0.15) is 0 Å². The first-order valence-electron chi connectivity index (χ1n) is 8.98. The summed E-state index contributed by atoms with van der Waals surface area (Å²) in [6.45, 7) is 2.49. The van der Waals surface area contributed by atoms with Crippen LogP contribution < -0.4 is 19.7 Å². The summed E-state index contributed by atoms with van der Waals surface area (Å²) < 4.78 is 10.6. The van der Waals surface area contributed by atoms with Gasteiger partial charge in [0.1, 0.15) is 5.69 Å². The molecule has 3 rings (SSSR count). The van der Waals surface area contributed by atoms with Gasteiger partial charge in [-0.25, -0.2) is 0 Å². The van der Waals surface area contributed by atoms with Crippen molar-refractivity contribution in [1.82, 2.24) is 4.98 Å². The lowest BCUT2D eigenvalue weighted by atomic mass is 10.2. The molecule has 3 aromatic rings. The van der Waals surface area contributed by atoms with E-state index in [0.717, 1.165) is 17.1 Å². The van der Waals surface area contributed by atoms with Gasteiger partial charge in [0.2, 0.25) is 0 Å². The highest BCUT2D eigenvalue weighted by Gasteiger charge is 2.17. The quantitative estimate of drug-likeness (QED) is 0.656. The van der Waals surface area contributed by atoms with Crippen LogP contribution in [0.2, 0.25) is 0 Å². The van der Waals surface area contributed by atoms with Crippen molar-refractivity contribution < 1.29 is 14.3 Å². The summed E-state index contributed by atoms with van der Waals surface area (Å²) in [7, 11) is 3.19. The van der Waals surface area contributed by atoms with Crippen molar-refractivity contribution in [3.8, 4) is 11.5 Å². The molecule has 0 saturated carbocycles. The standard InChI is InChI=1S/C22H23N3O3/c1-4-25(18-8-6-5-7-9-18)22(26)19-14-17(12-13-23-19)24-16-10-11-20(27-2)21(15-16)28-3/h5-15H,4H2,1-3H3,(H,23,24). The van der Waals surface area contributed by atoms with Gasteiger partial charge in [0.05, 0.1) is 14.2 Å². The fourth-order valence-corrected chi connectivity index (χ4v) is 2.90.